The van der Waals surface area contributed by atoms with Crippen molar-refractivity contribution in [2.45, 2.75) is 33.1 Å². The van der Waals surface area contributed by atoms with Crippen molar-refractivity contribution in [1.82, 2.24) is 0 Å². The van der Waals surface area contributed by atoms with E-state index in [1.807, 2.05) is 26.0 Å². The van der Waals surface area contributed by atoms with Crippen LogP contribution in [0.15, 0.2) is 18.2 Å². The van der Waals surface area contributed by atoms with Gasteiger partial charge in [-0.3, -0.25) is 9.59 Å². The second-order valence-electron chi connectivity index (χ2n) is 4.44. The summed E-state index contributed by atoms with van der Waals surface area (Å²) in [6, 6.07) is 5.45. The Labute approximate surface area is 125 Å². The van der Waals surface area contributed by atoms with Crippen molar-refractivity contribution >= 4 is 11.8 Å². The number of rotatable bonds is 9. The fraction of sp³-hybridized carbons (Fsp3) is 0.500. The molecular weight excluding hydrogens is 272 g/mol. The molecule has 0 aliphatic carbocycles. The first-order valence-corrected chi connectivity index (χ1v) is 7.07. The molecule has 0 amide bonds. The standard InChI is InChI=1S/C16H22O5/c1-4-20-14-8-6-12(11-15(14)21-5-2)10-13(17)7-9-16(18)19-3/h6,8,11H,4-5,7,9-10H2,1-3H3. The maximum atomic E-state index is 11.8. The van der Waals surface area contributed by atoms with Crippen LogP contribution in [-0.2, 0) is 20.7 Å². The summed E-state index contributed by atoms with van der Waals surface area (Å²) in [5.41, 5.74) is 0.844. The zero-order valence-electron chi connectivity index (χ0n) is 12.8. The molecule has 0 atom stereocenters. The normalized spacial score (nSPS) is 10.0. The second-order valence-corrected chi connectivity index (χ2v) is 4.44. The monoisotopic (exact) mass is 294 g/mol. The van der Waals surface area contributed by atoms with Crippen LogP contribution in [0.3, 0.4) is 0 Å². The molecule has 0 radical (unpaired) electrons. The Hall–Kier alpha value is -2.04. The van der Waals surface area contributed by atoms with Crippen LogP contribution in [0.2, 0.25) is 0 Å². The molecule has 1 rings (SSSR count). The minimum atomic E-state index is -0.370. The van der Waals surface area contributed by atoms with Crippen LogP contribution < -0.4 is 9.47 Å². The first-order valence-electron chi connectivity index (χ1n) is 7.07. The van der Waals surface area contributed by atoms with Crippen molar-refractivity contribution in [3.05, 3.63) is 23.8 Å². The summed E-state index contributed by atoms with van der Waals surface area (Å²) in [7, 11) is 1.31. The van der Waals surface area contributed by atoms with Crippen LogP contribution in [-0.4, -0.2) is 32.1 Å². The van der Waals surface area contributed by atoms with Crippen molar-refractivity contribution < 1.29 is 23.8 Å². The van der Waals surface area contributed by atoms with Crippen LogP contribution in [0.1, 0.15) is 32.3 Å². The van der Waals surface area contributed by atoms with Gasteiger partial charge < -0.3 is 14.2 Å². The Morgan fingerprint density at radius 2 is 1.67 bits per heavy atom. The SMILES string of the molecule is CCOc1ccc(CC(=O)CCC(=O)OC)cc1OCC. The summed E-state index contributed by atoms with van der Waals surface area (Å²) in [4.78, 5) is 22.8. The van der Waals surface area contributed by atoms with Crippen molar-refractivity contribution in [1.29, 1.82) is 0 Å². The lowest BCUT2D eigenvalue weighted by Gasteiger charge is -2.12. The molecule has 0 saturated carbocycles. The lowest BCUT2D eigenvalue weighted by atomic mass is 10.1. The molecule has 0 unspecified atom stereocenters. The Bertz CT molecular complexity index is 482. The van der Waals surface area contributed by atoms with Gasteiger partial charge >= 0.3 is 5.97 Å². The second kappa shape index (κ2) is 9.00. The molecule has 21 heavy (non-hydrogen) atoms. The van der Waals surface area contributed by atoms with Gasteiger partial charge in [0.15, 0.2) is 11.5 Å². The molecule has 0 spiro atoms. The van der Waals surface area contributed by atoms with Gasteiger partial charge in [-0.05, 0) is 31.5 Å². The number of carbonyl (C=O) groups excluding carboxylic acids is 2. The predicted molar refractivity (Wildman–Crippen MR) is 78.7 cm³/mol. The molecule has 0 aliphatic rings. The van der Waals surface area contributed by atoms with Gasteiger partial charge in [0, 0.05) is 12.8 Å². The van der Waals surface area contributed by atoms with Gasteiger partial charge in [-0.15, -0.1) is 0 Å². The summed E-state index contributed by atoms with van der Waals surface area (Å²) >= 11 is 0. The van der Waals surface area contributed by atoms with Crippen LogP contribution in [0.4, 0.5) is 0 Å². The lowest BCUT2D eigenvalue weighted by Crippen LogP contribution is -2.08. The third kappa shape index (κ3) is 5.85. The highest BCUT2D eigenvalue weighted by Gasteiger charge is 2.11. The molecular formula is C16H22O5. The fourth-order valence-corrected chi connectivity index (χ4v) is 1.87. The van der Waals surface area contributed by atoms with Gasteiger partial charge in [-0.1, -0.05) is 6.07 Å². The number of Topliss-reactive ketones (excluding diaryl/α,β-unsaturated/α-hetero) is 1. The number of ketones is 1. The van der Waals surface area contributed by atoms with E-state index in [0.29, 0.717) is 24.7 Å². The molecule has 1 aromatic carbocycles. The summed E-state index contributed by atoms with van der Waals surface area (Å²) in [6.45, 7) is 4.88. The zero-order chi connectivity index (χ0) is 15.7. The van der Waals surface area contributed by atoms with Gasteiger partial charge in [0.2, 0.25) is 0 Å². The summed E-state index contributed by atoms with van der Waals surface area (Å²) in [5.74, 6) is 0.930. The number of esters is 1. The molecule has 0 aromatic heterocycles. The van der Waals surface area contributed by atoms with E-state index in [9.17, 15) is 9.59 Å². The van der Waals surface area contributed by atoms with E-state index in [4.69, 9.17) is 9.47 Å². The van der Waals surface area contributed by atoms with Crippen LogP contribution in [0.5, 0.6) is 11.5 Å². The first kappa shape index (κ1) is 17.0. The first-order chi connectivity index (χ1) is 10.1. The number of hydrogen-bond donors (Lipinski definition) is 0. The van der Waals surface area contributed by atoms with E-state index < -0.39 is 0 Å². The Morgan fingerprint density at radius 1 is 1.00 bits per heavy atom. The molecule has 0 fully saturated rings. The maximum absolute atomic E-state index is 11.8. The average Bonchev–Trinajstić information content (AvgIpc) is 2.48. The fourth-order valence-electron chi connectivity index (χ4n) is 1.87. The Morgan fingerprint density at radius 3 is 2.29 bits per heavy atom. The zero-order valence-corrected chi connectivity index (χ0v) is 12.8. The quantitative estimate of drug-likeness (QED) is 0.655. The van der Waals surface area contributed by atoms with E-state index in [0.717, 1.165) is 5.56 Å². The van der Waals surface area contributed by atoms with E-state index in [1.165, 1.54) is 7.11 Å². The van der Waals surface area contributed by atoms with Gasteiger partial charge in [-0.25, -0.2) is 0 Å². The highest BCUT2D eigenvalue weighted by molar-refractivity contribution is 5.84. The highest BCUT2D eigenvalue weighted by Crippen LogP contribution is 2.28. The number of carbonyl (C=O) groups is 2. The number of benzene rings is 1. The van der Waals surface area contributed by atoms with Crippen molar-refractivity contribution in [2.75, 3.05) is 20.3 Å². The number of ether oxygens (including phenoxy) is 3. The topological polar surface area (TPSA) is 61.8 Å². The summed E-state index contributed by atoms with van der Waals surface area (Å²) in [5, 5.41) is 0. The highest BCUT2D eigenvalue weighted by atomic mass is 16.5. The van der Waals surface area contributed by atoms with Crippen molar-refractivity contribution in [2.24, 2.45) is 0 Å². The molecule has 5 heteroatoms. The molecule has 0 heterocycles. The predicted octanol–water partition coefficient (Wildman–Crippen LogP) is 2.55. The average molecular weight is 294 g/mol. The van der Waals surface area contributed by atoms with Crippen LogP contribution in [0, 0.1) is 0 Å². The smallest absolute Gasteiger partial charge is 0.305 e. The van der Waals surface area contributed by atoms with Crippen molar-refractivity contribution in [3.8, 4) is 11.5 Å². The molecule has 5 nitrogen and oxygen atoms in total. The molecule has 116 valence electrons. The molecule has 0 saturated heterocycles. The Balaban J connectivity index is 2.68. The molecule has 0 N–H and O–H groups in total. The van der Waals surface area contributed by atoms with Crippen LogP contribution >= 0.6 is 0 Å². The van der Waals surface area contributed by atoms with E-state index in [1.54, 1.807) is 6.07 Å². The third-order valence-electron chi connectivity index (χ3n) is 2.84. The Kier molecular flexibility index (Phi) is 7.29. The van der Waals surface area contributed by atoms with Gasteiger partial charge in [-0.2, -0.15) is 0 Å². The largest absolute Gasteiger partial charge is 0.490 e. The summed E-state index contributed by atoms with van der Waals surface area (Å²) < 4.78 is 15.5. The van der Waals surface area contributed by atoms with E-state index >= 15 is 0 Å². The lowest BCUT2D eigenvalue weighted by molar-refractivity contribution is -0.141. The number of hydrogen-bond acceptors (Lipinski definition) is 5. The molecule has 1 aromatic rings. The van der Waals surface area contributed by atoms with Gasteiger partial charge in [0.05, 0.1) is 26.7 Å². The van der Waals surface area contributed by atoms with Gasteiger partial charge in [0.25, 0.3) is 0 Å². The minimum absolute atomic E-state index is 0.00740. The van der Waals surface area contributed by atoms with Crippen LogP contribution in [0.25, 0.3) is 0 Å². The minimum Gasteiger partial charge on any atom is -0.490 e. The van der Waals surface area contributed by atoms with E-state index in [2.05, 4.69) is 4.74 Å². The molecule has 0 aliphatic heterocycles. The maximum Gasteiger partial charge on any atom is 0.305 e. The van der Waals surface area contributed by atoms with Crippen molar-refractivity contribution in [3.63, 3.8) is 0 Å². The molecule has 0 bridgehead atoms. The third-order valence-corrected chi connectivity index (χ3v) is 2.84. The van der Waals surface area contributed by atoms with Gasteiger partial charge in [0.1, 0.15) is 5.78 Å². The number of methoxy groups -OCH3 is 1. The summed E-state index contributed by atoms with van der Waals surface area (Å²) in [6.07, 6.45) is 0.567. The van der Waals surface area contributed by atoms with E-state index in [-0.39, 0.29) is 31.0 Å².